The van der Waals surface area contributed by atoms with Crippen molar-refractivity contribution in [2.24, 2.45) is 0 Å². The third-order valence-electron chi connectivity index (χ3n) is 4.39. The summed E-state index contributed by atoms with van der Waals surface area (Å²) < 4.78 is 67.7. The average molecular weight is 444 g/mol. The minimum atomic E-state index is -4.45. The zero-order chi connectivity index (χ0) is 22.7. The molecule has 0 aliphatic heterocycles. The first kappa shape index (κ1) is 23.7. The SMILES string of the molecule is Cc1cc(C(=O)NCc2cccc(OCC(F)(F)F)c2)cc(S(=O)(=O)N(C)C)c1C. The van der Waals surface area contributed by atoms with Crippen molar-refractivity contribution in [2.75, 3.05) is 20.7 Å². The van der Waals surface area contributed by atoms with Crippen LogP contribution in [0.5, 0.6) is 5.75 Å². The fourth-order valence-corrected chi connectivity index (χ4v) is 3.83. The number of hydrogen-bond acceptors (Lipinski definition) is 4. The standard InChI is InChI=1S/C20H23F3N2O4S/c1-13-8-16(10-18(14(13)2)30(27,28)25(3)4)19(26)24-11-15-6-5-7-17(9-15)29-12-20(21,22)23/h5-10H,11-12H2,1-4H3,(H,24,26). The summed E-state index contributed by atoms with van der Waals surface area (Å²) in [5.74, 6) is -0.473. The van der Waals surface area contributed by atoms with Gasteiger partial charge >= 0.3 is 6.18 Å². The first-order chi connectivity index (χ1) is 13.8. The van der Waals surface area contributed by atoms with Gasteiger partial charge in [0.2, 0.25) is 10.0 Å². The van der Waals surface area contributed by atoms with Crippen LogP contribution >= 0.6 is 0 Å². The second kappa shape index (κ2) is 9.05. The van der Waals surface area contributed by atoms with E-state index in [1.54, 1.807) is 26.0 Å². The van der Waals surface area contributed by atoms with Crippen molar-refractivity contribution < 1.29 is 31.1 Å². The van der Waals surface area contributed by atoms with Crippen molar-refractivity contribution in [1.82, 2.24) is 9.62 Å². The summed E-state index contributed by atoms with van der Waals surface area (Å²) in [5, 5.41) is 2.64. The zero-order valence-electron chi connectivity index (χ0n) is 17.0. The molecule has 1 N–H and O–H groups in total. The number of sulfonamides is 1. The topological polar surface area (TPSA) is 75.7 Å². The molecule has 2 rings (SSSR count). The van der Waals surface area contributed by atoms with Crippen molar-refractivity contribution in [1.29, 1.82) is 0 Å². The number of ether oxygens (including phenoxy) is 1. The Morgan fingerprint density at radius 1 is 1.13 bits per heavy atom. The Balaban J connectivity index is 2.17. The smallest absolute Gasteiger partial charge is 0.422 e. The van der Waals surface area contributed by atoms with Gasteiger partial charge in [-0.2, -0.15) is 13.2 Å². The lowest BCUT2D eigenvalue weighted by molar-refractivity contribution is -0.153. The van der Waals surface area contributed by atoms with E-state index >= 15 is 0 Å². The molecule has 0 aliphatic carbocycles. The minimum absolute atomic E-state index is 0.0321. The van der Waals surface area contributed by atoms with Crippen LogP contribution in [0.25, 0.3) is 0 Å². The maximum Gasteiger partial charge on any atom is 0.422 e. The molecule has 0 spiro atoms. The first-order valence-electron chi connectivity index (χ1n) is 8.92. The fourth-order valence-electron chi connectivity index (χ4n) is 2.62. The number of halogens is 3. The average Bonchev–Trinajstić information content (AvgIpc) is 2.66. The monoisotopic (exact) mass is 444 g/mol. The van der Waals surface area contributed by atoms with Crippen molar-refractivity contribution in [3.05, 3.63) is 58.7 Å². The maximum atomic E-state index is 12.6. The van der Waals surface area contributed by atoms with Gasteiger partial charge in [-0.05, 0) is 54.8 Å². The van der Waals surface area contributed by atoms with Gasteiger partial charge in [-0.15, -0.1) is 0 Å². The van der Waals surface area contributed by atoms with E-state index < -0.39 is 28.7 Å². The van der Waals surface area contributed by atoms with E-state index in [1.165, 1.54) is 38.4 Å². The van der Waals surface area contributed by atoms with E-state index in [4.69, 9.17) is 4.74 Å². The molecular formula is C20H23F3N2O4S. The quantitative estimate of drug-likeness (QED) is 0.710. The van der Waals surface area contributed by atoms with Crippen molar-refractivity contribution in [2.45, 2.75) is 31.5 Å². The molecule has 10 heteroatoms. The van der Waals surface area contributed by atoms with E-state index in [2.05, 4.69) is 5.32 Å². The summed E-state index contributed by atoms with van der Waals surface area (Å²) in [6, 6.07) is 8.83. The molecule has 164 valence electrons. The molecule has 0 saturated carbocycles. The van der Waals surface area contributed by atoms with E-state index in [-0.39, 0.29) is 22.8 Å². The number of carbonyl (C=O) groups is 1. The largest absolute Gasteiger partial charge is 0.484 e. The number of alkyl halides is 3. The summed E-state index contributed by atoms with van der Waals surface area (Å²) in [4.78, 5) is 12.6. The van der Waals surface area contributed by atoms with Crippen LogP contribution in [0, 0.1) is 13.8 Å². The Morgan fingerprint density at radius 3 is 2.40 bits per heavy atom. The van der Waals surface area contributed by atoms with Gasteiger partial charge in [0.1, 0.15) is 5.75 Å². The summed E-state index contributed by atoms with van der Waals surface area (Å²) in [5.41, 5.74) is 1.90. The number of benzene rings is 2. The van der Waals surface area contributed by atoms with Gasteiger partial charge in [-0.1, -0.05) is 12.1 Å². The highest BCUT2D eigenvalue weighted by atomic mass is 32.2. The molecule has 0 heterocycles. The van der Waals surface area contributed by atoms with Crippen LogP contribution in [0.15, 0.2) is 41.3 Å². The van der Waals surface area contributed by atoms with Crippen molar-refractivity contribution in [3.63, 3.8) is 0 Å². The highest BCUT2D eigenvalue weighted by Crippen LogP contribution is 2.24. The Kier molecular flexibility index (Phi) is 7.14. The third-order valence-corrected chi connectivity index (χ3v) is 6.34. The summed E-state index contributed by atoms with van der Waals surface area (Å²) >= 11 is 0. The Hall–Kier alpha value is -2.59. The molecule has 1 amide bonds. The summed E-state index contributed by atoms with van der Waals surface area (Å²) in [6.07, 6.45) is -4.45. The second-order valence-corrected chi connectivity index (χ2v) is 9.06. The molecule has 0 aliphatic rings. The van der Waals surface area contributed by atoms with Crippen molar-refractivity contribution >= 4 is 15.9 Å². The van der Waals surface area contributed by atoms with Crippen LogP contribution in [-0.2, 0) is 16.6 Å². The molecule has 0 aromatic heterocycles. The van der Waals surface area contributed by atoms with Crippen LogP contribution in [0.1, 0.15) is 27.0 Å². The molecule has 2 aromatic rings. The van der Waals surface area contributed by atoms with Crippen LogP contribution in [-0.4, -0.2) is 45.5 Å². The highest BCUT2D eigenvalue weighted by Gasteiger charge is 2.28. The third kappa shape index (κ3) is 5.96. The van der Waals surface area contributed by atoms with Gasteiger partial charge in [0.05, 0.1) is 4.90 Å². The van der Waals surface area contributed by atoms with E-state index in [9.17, 15) is 26.4 Å². The molecular weight excluding hydrogens is 421 g/mol. The van der Waals surface area contributed by atoms with Gasteiger partial charge < -0.3 is 10.1 Å². The number of nitrogens with zero attached hydrogens (tertiary/aromatic N) is 1. The van der Waals surface area contributed by atoms with Crippen LogP contribution < -0.4 is 10.1 Å². The molecule has 0 fully saturated rings. The van der Waals surface area contributed by atoms with Crippen LogP contribution in [0.4, 0.5) is 13.2 Å². The molecule has 0 bridgehead atoms. The van der Waals surface area contributed by atoms with E-state index in [0.29, 0.717) is 16.7 Å². The lowest BCUT2D eigenvalue weighted by Gasteiger charge is -2.16. The first-order valence-corrected chi connectivity index (χ1v) is 10.4. The zero-order valence-corrected chi connectivity index (χ0v) is 17.8. The number of nitrogens with one attached hydrogen (secondary N) is 1. The lowest BCUT2D eigenvalue weighted by atomic mass is 10.1. The Morgan fingerprint density at radius 2 is 1.80 bits per heavy atom. The number of hydrogen-bond donors (Lipinski definition) is 1. The molecule has 0 unspecified atom stereocenters. The second-order valence-electron chi connectivity index (χ2n) is 6.94. The molecule has 0 radical (unpaired) electrons. The maximum absolute atomic E-state index is 12.6. The lowest BCUT2D eigenvalue weighted by Crippen LogP contribution is -2.26. The summed E-state index contributed by atoms with van der Waals surface area (Å²) in [6.45, 7) is 2.00. The molecule has 30 heavy (non-hydrogen) atoms. The van der Waals surface area contributed by atoms with Gasteiger partial charge in [-0.25, -0.2) is 12.7 Å². The molecule has 2 aromatic carbocycles. The predicted molar refractivity (Wildman–Crippen MR) is 106 cm³/mol. The Labute approximate surface area is 173 Å². The number of aryl methyl sites for hydroxylation is 1. The van der Waals surface area contributed by atoms with Gasteiger partial charge in [0.15, 0.2) is 6.61 Å². The predicted octanol–water partition coefficient (Wildman–Crippen LogP) is 3.42. The molecule has 0 saturated heterocycles. The van der Waals surface area contributed by atoms with Gasteiger partial charge in [0.25, 0.3) is 5.91 Å². The normalized spacial score (nSPS) is 12.1. The number of rotatable bonds is 7. The van der Waals surface area contributed by atoms with Gasteiger partial charge in [-0.3, -0.25) is 4.79 Å². The van der Waals surface area contributed by atoms with E-state index in [0.717, 1.165) is 4.31 Å². The molecule has 0 atom stereocenters. The highest BCUT2D eigenvalue weighted by molar-refractivity contribution is 7.89. The van der Waals surface area contributed by atoms with E-state index in [1.807, 2.05) is 0 Å². The van der Waals surface area contributed by atoms with Gasteiger partial charge in [0, 0.05) is 26.2 Å². The van der Waals surface area contributed by atoms with Crippen LogP contribution in [0.3, 0.4) is 0 Å². The number of carbonyl (C=O) groups excluding carboxylic acids is 1. The number of amides is 1. The fraction of sp³-hybridized carbons (Fsp3) is 0.350. The molecule has 6 nitrogen and oxygen atoms in total. The minimum Gasteiger partial charge on any atom is -0.484 e. The van der Waals surface area contributed by atoms with Crippen molar-refractivity contribution in [3.8, 4) is 5.75 Å². The Bertz CT molecular complexity index is 1030. The summed E-state index contributed by atoms with van der Waals surface area (Å²) in [7, 11) is -0.917. The van der Waals surface area contributed by atoms with Crippen LogP contribution in [0.2, 0.25) is 0 Å².